The quantitative estimate of drug-likeness (QED) is 0.688. The molecule has 0 saturated heterocycles. The topological polar surface area (TPSA) is 66.9 Å². The van der Waals surface area contributed by atoms with Gasteiger partial charge in [-0.2, -0.15) is 0 Å². The lowest BCUT2D eigenvalue weighted by Gasteiger charge is -2.08. The molecule has 26 heavy (non-hydrogen) atoms. The summed E-state index contributed by atoms with van der Waals surface area (Å²) in [5.74, 6) is -0.459. The van der Waals surface area contributed by atoms with Gasteiger partial charge in [0.05, 0.1) is 0 Å². The van der Waals surface area contributed by atoms with E-state index in [1.807, 2.05) is 18.2 Å². The molecule has 132 valence electrons. The lowest BCUT2D eigenvalue weighted by Crippen LogP contribution is -2.26. The highest BCUT2D eigenvalue weighted by atomic mass is 35.5. The molecule has 0 unspecified atom stereocenters. The number of hydrogen-bond acceptors (Lipinski definition) is 4. The van der Waals surface area contributed by atoms with E-state index in [1.165, 1.54) is 24.4 Å². The maximum absolute atomic E-state index is 13.2. The van der Waals surface area contributed by atoms with Gasteiger partial charge < -0.3 is 10.6 Å². The highest BCUT2D eigenvalue weighted by Crippen LogP contribution is 2.14. The van der Waals surface area contributed by atoms with Crippen LogP contribution < -0.4 is 10.6 Å². The second-order valence-corrected chi connectivity index (χ2v) is 5.97. The molecule has 0 aliphatic rings. The van der Waals surface area contributed by atoms with Crippen LogP contribution in [0.3, 0.4) is 0 Å². The van der Waals surface area contributed by atoms with Crippen molar-refractivity contribution < 1.29 is 9.18 Å². The highest BCUT2D eigenvalue weighted by molar-refractivity contribution is 6.30. The van der Waals surface area contributed by atoms with E-state index in [-0.39, 0.29) is 23.4 Å². The molecule has 0 spiro atoms. The molecule has 0 radical (unpaired) electrons. The molecule has 1 amide bonds. The first kappa shape index (κ1) is 17.8. The third-order valence-electron chi connectivity index (χ3n) is 3.56. The Morgan fingerprint density at radius 2 is 1.96 bits per heavy atom. The van der Waals surface area contributed by atoms with Gasteiger partial charge in [-0.3, -0.25) is 4.79 Å². The summed E-state index contributed by atoms with van der Waals surface area (Å²) in [7, 11) is 0. The second-order valence-electron chi connectivity index (χ2n) is 5.54. The van der Waals surface area contributed by atoms with Gasteiger partial charge in [-0.15, -0.1) is 0 Å². The maximum Gasteiger partial charge on any atom is 0.270 e. The van der Waals surface area contributed by atoms with Crippen LogP contribution in [0.2, 0.25) is 5.02 Å². The van der Waals surface area contributed by atoms with Crippen molar-refractivity contribution in [1.29, 1.82) is 0 Å². The average molecular weight is 371 g/mol. The van der Waals surface area contributed by atoms with Gasteiger partial charge in [-0.05, 0) is 48.4 Å². The van der Waals surface area contributed by atoms with E-state index in [0.717, 1.165) is 5.56 Å². The molecule has 2 N–H and O–H groups in total. The average Bonchev–Trinajstić information content (AvgIpc) is 2.62. The summed E-state index contributed by atoms with van der Waals surface area (Å²) in [4.78, 5) is 20.4. The molecule has 1 heterocycles. The van der Waals surface area contributed by atoms with Crippen molar-refractivity contribution in [2.45, 2.75) is 6.42 Å². The number of carbonyl (C=O) groups excluding carboxylic acids is 1. The molecule has 7 heteroatoms. The van der Waals surface area contributed by atoms with Crippen LogP contribution in [0.15, 0.2) is 60.8 Å². The maximum atomic E-state index is 13.2. The van der Waals surface area contributed by atoms with Gasteiger partial charge in [0.15, 0.2) is 0 Å². The summed E-state index contributed by atoms with van der Waals surface area (Å²) in [5, 5.41) is 6.34. The fraction of sp³-hybridized carbons (Fsp3) is 0.105. The Morgan fingerprint density at radius 1 is 1.12 bits per heavy atom. The molecule has 0 aliphatic carbocycles. The molecule has 0 aliphatic heterocycles. The number of halogens is 2. The first-order valence-electron chi connectivity index (χ1n) is 7.98. The third kappa shape index (κ3) is 5.00. The zero-order valence-corrected chi connectivity index (χ0v) is 14.5. The summed E-state index contributed by atoms with van der Waals surface area (Å²) >= 11 is 5.94. The Bertz CT molecular complexity index is 919. The second kappa shape index (κ2) is 8.40. The number of hydrogen-bond donors (Lipinski definition) is 2. The van der Waals surface area contributed by atoms with Crippen molar-refractivity contribution >= 4 is 29.1 Å². The van der Waals surface area contributed by atoms with Gasteiger partial charge in [0.1, 0.15) is 11.5 Å². The number of anilines is 2. The van der Waals surface area contributed by atoms with E-state index < -0.39 is 0 Å². The first-order valence-corrected chi connectivity index (χ1v) is 8.36. The zero-order chi connectivity index (χ0) is 18.4. The van der Waals surface area contributed by atoms with Crippen molar-refractivity contribution in [2.24, 2.45) is 0 Å². The highest BCUT2D eigenvalue weighted by Gasteiger charge is 2.09. The Balaban J connectivity index is 1.59. The normalized spacial score (nSPS) is 10.4. The van der Waals surface area contributed by atoms with Crippen LogP contribution in [0.25, 0.3) is 0 Å². The largest absolute Gasteiger partial charge is 0.350 e. The van der Waals surface area contributed by atoms with E-state index in [1.54, 1.807) is 18.2 Å². The molecular weight excluding hydrogens is 355 g/mol. The number of aromatic nitrogens is 2. The van der Waals surface area contributed by atoms with Crippen molar-refractivity contribution in [3.05, 3.63) is 82.9 Å². The Hall–Kier alpha value is -2.99. The summed E-state index contributed by atoms with van der Waals surface area (Å²) in [6.07, 6.45) is 2.13. The number of nitrogens with one attached hydrogen (secondary N) is 2. The molecule has 3 aromatic rings. The van der Waals surface area contributed by atoms with Crippen molar-refractivity contribution in [1.82, 2.24) is 15.3 Å². The molecule has 0 fully saturated rings. The van der Waals surface area contributed by atoms with Crippen molar-refractivity contribution in [3.8, 4) is 0 Å². The van der Waals surface area contributed by atoms with E-state index in [9.17, 15) is 9.18 Å². The number of amides is 1. The SMILES string of the molecule is O=C(NCCc1cccc(Cl)c1)c1ccnc(Nc2cccc(F)c2)n1. The molecule has 0 atom stereocenters. The number of benzene rings is 2. The van der Waals surface area contributed by atoms with Gasteiger partial charge >= 0.3 is 0 Å². The van der Waals surface area contributed by atoms with Crippen LogP contribution in [-0.4, -0.2) is 22.4 Å². The number of nitrogens with zero attached hydrogens (tertiary/aromatic N) is 2. The van der Waals surface area contributed by atoms with Gasteiger partial charge in [0, 0.05) is 23.5 Å². The first-order chi connectivity index (χ1) is 12.6. The molecule has 5 nitrogen and oxygen atoms in total. The van der Waals surface area contributed by atoms with Crippen LogP contribution in [0.5, 0.6) is 0 Å². The molecule has 2 aromatic carbocycles. The van der Waals surface area contributed by atoms with E-state index in [4.69, 9.17) is 11.6 Å². The van der Waals surface area contributed by atoms with Crippen LogP contribution in [0, 0.1) is 5.82 Å². The van der Waals surface area contributed by atoms with Crippen molar-refractivity contribution in [3.63, 3.8) is 0 Å². The zero-order valence-electron chi connectivity index (χ0n) is 13.7. The minimum absolute atomic E-state index is 0.220. The van der Waals surface area contributed by atoms with Crippen LogP contribution in [0.4, 0.5) is 16.0 Å². The van der Waals surface area contributed by atoms with Gasteiger partial charge in [0.2, 0.25) is 5.95 Å². The predicted octanol–water partition coefficient (Wildman–Crippen LogP) is 3.99. The molecular formula is C19H16ClFN4O. The summed E-state index contributed by atoms with van der Waals surface area (Å²) in [5.41, 5.74) is 1.77. The lowest BCUT2D eigenvalue weighted by atomic mass is 10.1. The standard InChI is InChI=1S/C19H16ClFN4O/c20-14-4-1-3-13(11-14)7-9-22-18(26)17-8-10-23-19(25-17)24-16-6-2-5-15(21)12-16/h1-6,8,10-12H,7,9H2,(H,22,26)(H,23,24,25). The summed E-state index contributed by atoms with van der Waals surface area (Å²) in [6, 6.07) is 14.9. The molecule has 0 bridgehead atoms. The molecule has 0 saturated carbocycles. The number of carbonyl (C=O) groups is 1. The fourth-order valence-electron chi connectivity index (χ4n) is 2.34. The summed E-state index contributed by atoms with van der Waals surface area (Å²) < 4.78 is 13.2. The van der Waals surface area contributed by atoms with Crippen molar-refractivity contribution in [2.75, 3.05) is 11.9 Å². The molecule has 1 aromatic heterocycles. The minimum atomic E-state index is -0.370. The Kier molecular flexibility index (Phi) is 5.76. The van der Waals surface area contributed by atoms with Crippen LogP contribution in [-0.2, 0) is 6.42 Å². The van der Waals surface area contributed by atoms with Gasteiger partial charge in [-0.1, -0.05) is 29.8 Å². The van der Waals surface area contributed by atoms with Crippen LogP contribution in [0.1, 0.15) is 16.1 Å². The van der Waals surface area contributed by atoms with E-state index in [0.29, 0.717) is 23.7 Å². The molecule has 3 rings (SSSR count). The lowest BCUT2D eigenvalue weighted by molar-refractivity contribution is 0.0949. The predicted molar refractivity (Wildman–Crippen MR) is 99.2 cm³/mol. The Labute approximate surface area is 155 Å². The van der Waals surface area contributed by atoms with E-state index >= 15 is 0 Å². The van der Waals surface area contributed by atoms with Crippen LogP contribution >= 0.6 is 11.6 Å². The van der Waals surface area contributed by atoms with Gasteiger partial charge in [0.25, 0.3) is 5.91 Å². The van der Waals surface area contributed by atoms with Gasteiger partial charge in [-0.25, -0.2) is 14.4 Å². The monoisotopic (exact) mass is 370 g/mol. The number of rotatable bonds is 6. The van der Waals surface area contributed by atoms with E-state index in [2.05, 4.69) is 20.6 Å². The smallest absolute Gasteiger partial charge is 0.270 e. The fourth-order valence-corrected chi connectivity index (χ4v) is 2.56. The summed E-state index contributed by atoms with van der Waals surface area (Å²) in [6.45, 7) is 0.454. The minimum Gasteiger partial charge on any atom is -0.350 e. The third-order valence-corrected chi connectivity index (χ3v) is 3.79. The Morgan fingerprint density at radius 3 is 2.77 bits per heavy atom.